The third kappa shape index (κ3) is 42.1. The van der Waals surface area contributed by atoms with Gasteiger partial charge in [-0.05, 0) is 57.8 Å². The Hall–Kier alpha value is -1.80. The molecule has 2 N–H and O–H groups in total. The molecule has 3 unspecified atom stereocenters. The smallest absolute Gasteiger partial charge is 0.268 e. The van der Waals surface area contributed by atoms with Crippen molar-refractivity contribution in [1.29, 1.82) is 0 Å². The monoisotopic (exact) mass is 821 g/mol. The lowest BCUT2D eigenvalue weighted by atomic mass is 10.0. The van der Waals surface area contributed by atoms with E-state index in [0.717, 1.165) is 77.0 Å². The zero-order valence-corrected chi connectivity index (χ0v) is 38.4. The lowest BCUT2D eigenvalue weighted by Crippen LogP contribution is -2.45. The van der Waals surface area contributed by atoms with Crippen molar-refractivity contribution in [3.8, 4) is 0 Å². The lowest BCUT2D eigenvalue weighted by Gasteiger charge is -2.29. The van der Waals surface area contributed by atoms with Gasteiger partial charge in [0.2, 0.25) is 5.91 Å². The molecule has 0 saturated carbocycles. The summed E-state index contributed by atoms with van der Waals surface area (Å²) in [5.74, 6) is -0.214. The molecule has 0 bridgehead atoms. The van der Waals surface area contributed by atoms with Gasteiger partial charge in [0.05, 0.1) is 39.9 Å². The van der Waals surface area contributed by atoms with Crippen molar-refractivity contribution in [1.82, 2.24) is 5.32 Å². The van der Waals surface area contributed by atoms with Gasteiger partial charge in [-0.3, -0.25) is 9.36 Å². The van der Waals surface area contributed by atoms with E-state index in [1.165, 1.54) is 89.9 Å². The number of allylic oxidation sites excluding steroid dienone is 9. The first-order chi connectivity index (χ1) is 27.5. The zero-order valence-electron chi connectivity index (χ0n) is 37.5. The maximum atomic E-state index is 12.9. The molecule has 0 rings (SSSR count). The van der Waals surface area contributed by atoms with Gasteiger partial charge in [0.1, 0.15) is 13.2 Å². The number of rotatable bonds is 41. The van der Waals surface area contributed by atoms with E-state index >= 15 is 0 Å². The summed E-state index contributed by atoms with van der Waals surface area (Å²) in [4.78, 5) is 25.3. The molecule has 0 aliphatic rings. The van der Waals surface area contributed by atoms with Crippen molar-refractivity contribution >= 4 is 13.7 Å². The van der Waals surface area contributed by atoms with E-state index in [1.54, 1.807) is 6.08 Å². The fourth-order valence-electron chi connectivity index (χ4n) is 6.32. The fourth-order valence-corrected chi connectivity index (χ4v) is 7.04. The molecule has 0 spiro atoms. The summed E-state index contributed by atoms with van der Waals surface area (Å²) >= 11 is 0. The van der Waals surface area contributed by atoms with Crippen LogP contribution in [0.4, 0.5) is 0 Å². The summed E-state index contributed by atoms with van der Waals surface area (Å²) in [6.45, 7) is 4.51. The molecule has 0 aromatic heterocycles. The van der Waals surface area contributed by atoms with Crippen LogP contribution in [0.2, 0.25) is 0 Å². The van der Waals surface area contributed by atoms with Crippen molar-refractivity contribution in [2.45, 2.75) is 199 Å². The number of carbonyl (C=O) groups is 1. The van der Waals surface area contributed by atoms with E-state index in [-0.39, 0.29) is 19.1 Å². The molecule has 0 saturated heterocycles. The van der Waals surface area contributed by atoms with E-state index < -0.39 is 20.0 Å². The second kappa shape index (κ2) is 39.6. The number of nitrogens with zero attached hydrogens (tertiary/aromatic N) is 1. The molecule has 3 atom stereocenters. The summed E-state index contributed by atoms with van der Waals surface area (Å²) in [6.07, 6.45) is 51.2. The van der Waals surface area contributed by atoms with Crippen LogP contribution in [-0.4, -0.2) is 68.5 Å². The van der Waals surface area contributed by atoms with Gasteiger partial charge in [-0.15, -0.1) is 0 Å². The highest BCUT2D eigenvalue weighted by molar-refractivity contribution is 7.45. The number of hydrogen-bond donors (Lipinski definition) is 2. The number of unbranched alkanes of at least 4 members (excludes halogenated alkanes) is 20. The Labute approximate surface area is 351 Å². The largest absolute Gasteiger partial charge is 0.756 e. The van der Waals surface area contributed by atoms with Crippen LogP contribution in [0.5, 0.6) is 0 Å². The minimum Gasteiger partial charge on any atom is -0.756 e. The summed E-state index contributed by atoms with van der Waals surface area (Å²) in [5, 5.41) is 13.8. The van der Waals surface area contributed by atoms with E-state index in [2.05, 4.69) is 67.8 Å². The van der Waals surface area contributed by atoms with Crippen molar-refractivity contribution < 1.29 is 32.9 Å². The van der Waals surface area contributed by atoms with E-state index in [0.29, 0.717) is 17.4 Å². The SMILES string of the molecule is CC/C=C\C/C=C\C/C=C\C/C=C\CCCCCCCCC(=O)NC(COP(=O)([O-])OCC[N+](C)(C)C)C(O)/C=C/CCCCCCCCCCCCCCCC. The minimum atomic E-state index is -4.59. The van der Waals surface area contributed by atoms with Crippen molar-refractivity contribution in [2.24, 2.45) is 0 Å². The van der Waals surface area contributed by atoms with Crippen molar-refractivity contribution in [3.63, 3.8) is 0 Å². The van der Waals surface area contributed by atoms with Crippen LogP contribution in [0.1, 0.15) is 187 Å². The molecular weight excluding hydrogens is 732 g/mol. The molecule has 0 radical (unpaired) electrons. The van der Waals surface area contributed by atoms with Gasteiger partial charge in [0.15, 0.2) is 0 Å². The Morgan fingerprint density at radius 3 is 1.56 bits per heavy atom. The van der Waals surface area contributed by atoms with Crippen LogP contribution >= 0.6 is 7.82 Å². The van der Waals surface area contributed by atoms with Crippen molar-refractivity contribution in [2.75, 3.05) is 40.9 Å². The van der Waals surface area contributed by atoms with Crippen LogP contribution in [0.15, 0.2) is 60.8 Å². The highest BCUT2D eigenvalue weighted by Crippen LogP contribution is 2.38. The third-order valence-electron chi connectivity index (χ3n) is 9.98. The standard InChI is InChI=1S/C48H89N2O6P/c1-6-8-10-12-14-16-18-20-22-24-25-26-28-30-32-34-36-38-40-42-48(52)49-46(45-56-57(53,54)55-44-43-50(3,4)5)47(51)41-39-37-35-33-31-29-27-23-21-19-17-15-13-11-9-7-2/h8,10,14,16,20,22,25-26,39,41,46-47,51H,6-7,9,11-13,15,17-19,21,23-24,27-38,40,42-45H2,1-5H3,(H-,49,52,53,54)/b10-8-,16-14-,22-20-,26-25-,41-39+. The molecule has 0 aromatic rings. The molecule has 0 aromatic carbocycles. The molecule has 0 heterocycles. The summed E-state index contributed by atoms with van der Waals surface area (Å²) in [7, 11) is 1.24. The minimum absolute atomic E-state index is 0.00656. The van der Waals surface area contributed by atoms with Gasteiger partial charge in [-0.1, -0.05) is 184 Å². The van der Waals surface area contributed by atoms with Crippen LogP contribution in [0, 0.1) is 0 Å². The normalized spacial score (nSPS) is 14.9. The highest BCUT2D eigenvalue weighted by Gasteiger charge is 2.23. The zero-order chi connectivity index (χ0) is 42.1. The quantitative estimate of drug-likeness (QED) is 0.0275. The molecule has 0 fully saturated rings. The Morgan fingerprint density at radius 1 is 0.632 bits per heavy atom. The number of aliphatic hydroxyl groups is 1. The molecule has 57 heavy (non-hydrogen) atoms. The number of amides is 1. The van der Waals surface area contributed by atoms with Crippen LogP contribution < -0.4 is 10.2 Å². The fraction of sp³-hybridized carbons (Fsp3) is 0.771. The van der Waals surface area contributed by atoms with Gasteiger partial charge in [-0.25, -0.2) is 0 Å². The maximum Gasteiger partial charge on any atom is 0.268 e. The second-order valence-corrected chi connectivity index (χ2v) is 18.1. The number of carbonyl (C=O) groups excluding carboxylic acids is 1. The molecule has 8 nitrogen and oxygen atoms in total. The van der Waals surface area contributed by atoms with Gasteiger partial charge in [0, 0.05) is 6.42 Å². The predicted molar refractivity (Wildman–Crippen MR) is 242 cm³/mol. The van der Waals surface area contributed by atoms with E-state index in [9.17, 15) is 19.4 Å². The first-order valence-electron chi connectivity index (χ1n) is 23.2. The summed E-state index contributed by atoms with van der Waals surface area (Å²) < 4.78 is 23.2. The van der Waals surface area contributed by atoms with Gasteiger partial charge >= 0.3 is 0 Å². The number of hydrogen-bond acceptors (Lipinski definition) is 6. The van der Waals surface area contributed by atoms with E-state index in [4.69, 9.17) is 9.05 Å². The van der Waals surface area contributed by atoms with Gasteiger partial charge < -0.3 is 28.8 Å². The topological polar surface area (TPSA) is 108 Å². The molecule has 332 valence electrons. The highest BCUT2D eigenvalue weighted by atomic mass is 31.2. The molecule has 0 aliphatic heterocycles. The Bertz CT molecular complexity index is 1110. The molecule has 1 amide bonds. The number of phosphoric ester groups is 1. The lowest BCUT2D eigenvalue weighted by molar-refractivity contribution is -0.870. The number of likely N-dealkylation sites (N-methyl/N-ethyl adjacent to an activating group) is 1. The summed E-state index contributed by atoms with van der Waals surface area (Å²) in [6, 6.07) is -0.896. The Balaban J connectivity index is 4.44. The van der Waals surface area contributed by atoms with E-state index in [1.807, 2.05) is 27.2 Å². The van der Waals surface area contributed by atoms with Gasteiger partial charge in [-0.2, -0.15) is 0 Å². The third-order valence-corrected chi connectivity index (χ3v) is 10.9. The first-order valence-corrected chi connectivity index (χ1v) is 24.6. The number of quaternary nitrogens is 1. The number of nitrogens with one attached hydrogen (secondary N) is 1. The molecule has 9 heteroatoms. The molecular formula is C48H89N2O6P. The number of aliphatic hydroxyl groups excluding tert-OH is 1. The van der Waals surface area contributed by atoms with Crippen molar-refractivity contribution in [3.05, 3.63) is 60.8 Å². The maximum absolute atomic E-state index is 12.9. The molecule has 0 aliphatic carbocycles. The average molecular weight is 821 g/mol. The predicted octanol–water partition coefficient (Wildman–Crippen LogP) is 12.4. The average Bonchev–Trinajstić information content (AvgIpc) is 3.16. The Kier molecular flexibility index (Phi) is 38.4. The Morgan fingerprint density at radius 2 is 1.07 bits per heavy atom. The van der Waals surface area contributed by atoms with Crippen LogP contribution in [0.3, 0.4) is 0 Å². The first kappa shape index (κ1) is 55.2. The number of phosphoric acid groups is 1. The van der Waals surface area contributed by atoms with Gasteiger partial charge in [0.25, 0.3) is 7.82 Å². The summed E-state index contributed by atoms with van der Waals surface area (Å²) in [5.41, 5.74) is 0. The van der Waals surface area contributed by atoms with Crippen LogP contribution in [-0.2, 0) is 18.4 Å². The second-order valence-electron chi connectivity index (χ2n) is 16.7. The van der Waals surface area contributed by atoms with Crippen LogP contribution in [0.25, 0.3) is 0 Å².